The van der Waals surface area contributed by atoms with Gasteiger partial charge in [0.05, 0.1) is 0 Å². The Kier molecular flexibility index (Phi) is 2.99. The van der Waals surface area contributed by atoms with Crippen LogP contribution in [0.1, 0.15) is 41.7 Å². The molecule has 0 unspecified atom stereocenters. The fraction of sp³-hybridized carbons (Fsp3) is 0.444. The average Bonchev–Trinajstić information content (AvgIpc) is 3.26. The molecule has 5 rings (SSSR count). The predicted octanol–water partition coefficient (Wildman–Crippen LogP) is 1.49. The van der Waals surface area contributed by atoms with E-state index in [0.29, 0.717) is 34.9 Å². The first-order chi connectivity index (χ1) is 12.5. The molecular formula is C18H20N6O2. The summed E-state index contributed by atoms with van der Waals surface area (Å²) in [4.78, 5) is 34.0. The smallest absolute Gasteiger partial charge is 0.276 e. The van der Waals surface area contributed by atoms with Gasteiger partial charge in [0.25, 0.3) is 11.5 Å². The molecule has 8 nitrogen and oxygen atoms in total. The highest BCUT2D eigenvalue weighted by molar-refractivity contribution is 5.97. The van der Waals surface area contributed by atoms with E-state index in [2.05, 4.69) is 20.6 Å². The van der Waals surface area contributed by atoms with Crippen LogP contribution in [-0.2, 0) is 5.66 Å². The summed E-state index contributed by atoms with van der Waals surface area (Å²) >= 11 is 0. The number of rotatable bonds is 2. The molecule has 0 radical (unpaired) electrons. The number of nitrogens with two attached hydrogens (primary N) is 1. The second-order valence-electron chi connectivity index (χ2n) is 7.64. The maximum absolute atomic E-state index is 13.3. The van der Waals surface area contributed by atoms with E-state index >= 15 is 0 Å². The van der Waals surface area contributed by atoms with Gasteiger partial charge in [0.15, 0.2) is 0 Å². The van der Waals surface area contributed by atoms with Gasteiger partial charge in [-0.2, -0.15) is 0 Å². The Morgan fingerprint density at radius 3 is 2.85 bits per heavy atom. The minimum Gasteiger partial charge on any atom is -0.384 e. The molecule has 0 aromatic carbocycles. The van der Waals surface area contributed by atoms with Crippen LogP contribution in [0.5, 0.6) is 0 Å². The van der Waals surface area contributed by atoms with Gasteiger partial charge >= 0.3 is 0 Å². The number of nitrogens with one attached hydrogen (secondary N) is 2. The zero-order valence-electron chi connectivity index (χ0n) is 14.5. The lowest BCUT2D eigenvalue weighted by Gasteiger charge is -2.35. The van der Waals surface area contributed by atoms with E-state index in [1.807, 2.05) is 6.92 Å². The molecule has 0 saturated heterocycles. The molecule has 2 fully saturated rings. The van der Waals surface area contributed by atoms with E-state index in [9.17, 15) is 9.59 Å². The third kappa shape index (κ3) is 1.95. The van der Waals surface area contributed by atoms with E-state index < -0.39 is 5.66 Å². The molecule has 1 aliphatic heterocycles. The predicted molar refractivity (Wildman–Crippen MR) is 96.1 cm³/mol. The third-order valence-electron chi connectivity index (χ3n) is 6.10. The van der Waals surface area contributed by atoms with Crippen molar-refractivity contribution in [2.75, 3.05) is 11.1 Å². The number of fused-ring (bicyclic) bond motifs is 5. The molecule has 3 aliphatic rings. The number of aromatic nitrogens is 3. The molecule has 2 aliphatic carbocycles. The van der Waals surface area contributed by atoms with Gasteiger partial charge in [-0.05, 0) is 50.2 Å². The molecule has 2 bridgehead atoms. The first kappa shape index (κ1) is 15.4. The van der Waals surface area contributed by atoms with Crippen molar-refractivity contribution in [3.8, 4) is 0 Å². The summed E-state index contributed by atoms with van der Waals surface area (Å²) in [6, 6.07) is 3.28. The average molecular weight is 352 g/mol. The van der Waals surface area contributed by atoms with Gasteiger partial charge in [0, 0.05) is 12.0 Å². The molecule has 2 aromatic heterocycles. The topological polar surface area (TPSA) is 115 Å². The fourth-order valence-electron chi connectivity index (χ4n) is 5.11. The van der Waals surface area contributed by atoms with Crippen molar-refractivity contribution in [1.82, 2.24) is 19.9 Å². The summed E-state index contributed by atoms with van der Waals surface area (Å²) in [6.07, 6.45) is 5.49. The zero-order chi connectivity index (χ0) is 18.1. The molecule has 1 spiro atoms. The standard InChI is InChI=1S/C18H20N6O2/c1-9-4-12(22-14-6-13(19)20-8-21-14)17(26)24-15(9)16(25)23-18(24)7-10-2-3-11(18)5-10/h4,6,8,10-11H,2-3,5,7H2,1H3,(H,23,25)(H3,19,20,21,22)/t10-,11+,18-/m0/s1. The monoisotopic (exact) mass is 352 g/mol. The SMILES string of the molecule is Cc1cc(Nc2cc(N)ncn2)c(=O)n2c1C(=O)N[C@@]21C[C@H]2CC[C@@H]1C2. The summed E-state index contributed by atoms with van der Waals surface area (Å²) in [5.41, 5.74) is 6.57. The number of nitrogen functional groups attached to an aromatic ring is 1. The number of anilines is 3. The van der Waals surface area contributed by atoms with E-state index in [1.165, 1.54) is 12.7 Å². The lowest BCUT2D eigenvalue weighted by molar-refractivity contribution is 0.0845. The highest BCUT2D eigenvalue weighted by atomic mass is 16.2. The molecule has 134 valence electrons. The van der Waals surface area contributed by atoms with E-state index in [4.69, 9.17) is 5.73 Å². The van der Waals surface area contributed by atoms with Crippen LogP contribution in [0.15, 0.2) is 23.3 Å². The Morgan fingerprint density at radius 2 is 2.15 bits per heavy atom. The molecule has 8 heteroatoms. The van der Waals surface area contributed by atoms with Crippen molar-refractivity contribution >= 4 is 23.2 Å². The van der Waals surface area contributed by atoms with Gasteiger partial charge in [0.1, 0.15) is 35.0 Å². The number of carbonyl (C=O) groups excluding carboxylic acids is 1. The zero-order valence-corrected chi connectivity index (χ0v) is 14.5. The highest BCUT2D eigenvalue weighted by Gasteiger charge is 2.57. The minimum absolute atomic E-state index is 0.148. The molecule has 3 atom stereocenters. The summed E-state index contributed by atoms with van der Waals surface area (Å²) < 4.78 is 1.71. The van der Waals surface area contributed by atoms with Crippen LogP contribution in [0.4, 0.5) is 17.3 Å². The van der Waals surface area contributed by atoms with Crippen molar-refractivity contribution in [2.45, 2.75) is 38.3 Å². The lowest BCUT2D eigenvalue weighted by Crippen LogP contribution is -2.51. The molecule has 1 amide bonds. The van der Waals surface area contributed by atoms with Crippen LogP contribution in [-0.4, -0.2) is 20.4 Å². The Morgan fingerprint density at radius 1 is 1.31 bits per heavy atom. The maximum Gasteiger partial charge on any atom is 0.276 e. The van der Waals surface area contributed by atoms with Crippen LogP contribution in [0, 0.1) is 18.8 Å². The largest absolute Gasteiger partial charge is 0.384 e. The van der Waals surface area contributed by atoms with Crippen LogP contribution in [0.25, 0.3) is 0 Å². The van der Waals surface area contributed by atoms with Gasteiger partial charge in [-0.1, -0.05) is 0 Å². The van der Waals surface area contributed by atoms with E-state index in [1.54, 1.807) is 16.7 Å². The first-order valence-electron chi connectivity index (χ1n) is 8.92. The second-order valence-corrected chi connectivity index (χ2v) is 7.64. The molecule has 4 N–H and O–H groups in total. The first-order valence-corrected chi connectivity index (χ1v) is 8.92. The third-order valence-corrected chi connectivity index (χ3v) is 6.10. The molecule has 3 heterocycles. The van der Waals surface area contributed by atoms with E-state index in [0.717, 1.165) is 24.8 Å². The van der Waals surface area contributed by atoms with Crippen LogP contribution in [0.2, 0.25) is 0 Å². The molecule has 26 heavy (non-hydrogen) atoms. The van der Waals surface area contributed by atoms with Crippen molar-refractivity contribution in [3.63, 3.8) is 0 Å². The normalized spacial score (nSPS) is 28.4. The van der Waals surface area contributed by atoms with E-state index in [-0.39, 0.29) is 11.5 Å². The highest BCUT2D eigenvalue weighted by Crippen LogP contribution is 2.54. The van der Waals surface area contributed by atoms with Crippen LogP contribution in [0.3, 0.4) is 0 Å². The summed E-state index contributed by atoms with van der Waals surface area (Å²) in [5, 5.41) is 6.20. The Bertz CT molecular complexity index is 1000. The molecule has 2 saturated carbocycles. The van der Waals surface area contributed by atoms with Crippen molar-refractivity contribution in [3.05, 3.63) is 40.1 Å². The van der Waals surface area contributed by atoms with Gasteiger partial charge < -0.3 is 16.4 Å². The number of amides is 1. The van der Waals surface area contributed by atoms with Crippen LogP contribution >= 0.6 is 0 Å². The number of pyridine rings is 1. The fourth-order valence-corrected chi connectivity index (χ4v) is 5.11. The quantitative estimate of drug-likeness (QED) is 0.754. The Balaban J connectivity index is 1.66. The number of carbonyl (C=O) groups is 1. The minimum atomic E-state index is -0.570. The molecule has 2 aromatic rings. The van der Waals surface area contributed by atoms with Crippen molar-refractivity contribution < 1.29 is 4.79 Å². The van der Waals surface area contributed by atoms with Gasteiger partial charge in [0.2, 0.25) is 0 Å². The number of hydrogen-bond donors (Lipinski definition) is 3. The Labute approximate surface area is 149 Å². The van der Waals surface area contributed by atoms with Crippen molar-refractivity contribution in [1.29, 1.82) is 0 Å². The summed E-state index contributed by atoms with van der Waals surface area (Å²) in [6.45, 7) is 1.86. The van der Waals surface area contributed by atoms with Gasteiger partial charge in [-0.15, -0.1) is 0 Å². The number of hydrogen-bond acceptors (Lipinski definition) is 6. The number of aryl methyl sites for hydroxylation is 1. The van der Waals surface area contributed by atoms with Gasteiger partial charge in [-0.25, -0.2) is 9.97 Å². The second kappa shape index (κ2) is 5.06. The molecular weight excluding hydrogens is 332 g/mol. The Hall–Kier alpha value is -2.90. The maximum atomic E-state index is 13.3. The summed E-state index contributed by atoms with van der Waals surface area (Å²) in [7, 11) is 0. The lowest BCUT2D eigenvalue weighted by atomic mass is 9.88. The van der Waals surface area contributed by atoms with Crippen LogP contribution < -0.4 is 21.9 Å². The number of nitrogens with zero attached hydrogens (tertiary/aromatic N) is 3. The van der Waals surface area contributed by atoms with Crippen molar-refractivity contribution in [2.24, 2.45) is 11.8 Å². The summed E-state index contributed by atoms with van der Waals surface area (Å²) in [5.74, 6) is 1.53. The van der Waals surface area contributed by atoms with Gasteiger partial charge in [-0.3, -0.25) is 14.2 Å².